The third kappa shape index (κ3) is 2.12. The molecule has 7 nitrogen and oxygen atoms in total. The van der Waals surface area contributed by atoms with Crippen molar-refractivity contribution in [2.75, 3.05) is 41.0 Å². The van der Waals surface area contributed by atoms with E-state index >= 15 is 0 Å². The molecule has 6 rings (SSSR count). The molecule has 1 unspecified atom stereocenters. The Kier molecular flexibility index (Phi) is 4.56. The first-order valence-corrected chi connectivity index (χ1v) is 12.2. The van der Waals surface area contributed by atoms with Crippen LogP contribution in [0.4, 0.5) is 0 Å². The highest BCUT2D eigenvalue weighted by atomic mass is 16.5. The second-order valence-electron chi connectivity index (χ2n) is 11.6. The lowest BCUT2D eigenvalue weighted by Crippen LogP contribution is -2.76. The van der Waals surface area contributed by atoms with Crippen molar-refractivity contribution in [1.82, 2.24) is 4.90 Å². The Morgan fingerprint density at radius 2 is 1.87 bits per heavy atom. The molecule has 0 amide bonds. The van der Waals surface area contributed by atoms with Crippen LogP contribution in [-0.2, 0) is 14.2 Å². The predicted molar refractivity (Wildman–Crippen MR) is 112 cm³/mol. The Morgan fingerprint density at radius 3 is 2.52 bits per heavy atom. The summed E-state index contributed by atoms with van der Waals surface area (Å²) in [5.74, 6) is -0.168. The summed E-state index contributed by atoms with van der Waals surface area (Å²) in [5.41, 5.74) is -1.54. The van der Waals surface area contributed by atoms with Crippen LogP contribution in [0.3, 0.4) is 0 Å². The summed E-state index contributed by atoms with van der Waals surface area (Å²) < 4.78 is 18.0. The third-order valence-electron chi connectivity index (χ3n) is 11.1. The van der Waals surface area contributed by atoms with Gasteiger partial charge in [0.1, 0.15) is 0 Å². The molecule has 0 aromatic rings. The first kappa shape index (κ1) is 21.3. The van der Waals surface area contributed by atoms with Crippen molar-refractivity contribution in [2.24, 2.45) is 40.4 Å². The van der Waals surface area contributed by atoms with E-state index in [2.05, 4.69) is 11.8 Å². The zero-order valence-electron chi connectivity index (χ0n) is 19.2. The Labute approximate surface area is 185 Å². The molecule has 7 bridgehead atoms. The Bertz CT molecular complexity index is 752. The van der Waals surface area contributed by atoms with E-state index in [1.54, 1.807) is 21.3 Å². The van der Waals surface area contributed by atoms with E-state index in [4.69, 9.17) is 14.2 Å². The minimum absolute atomic E-state index is 0.0248. The maximum atomic E-state index is 12.5. The summed E-state index contributed by atoms with van der Waals surface area (Å²) in [6.45, 7) is 4.63. The molecule has 0 radical (unpaired) electrons. The molecule has 5 saturated carbocycles. The van der Waals surface area contributed by atoms with E-state index < -0.39 is 17.8 Å². The van der Waals surface area contributed by atoms with E-state index in [-0.39, 0.29) is 58.7 Å². The normalized spacial score (nSPS) is 61.6. The molecule has 13 atom stereocenters. The second-order valence-corrected chi connectivity index (χ2v) is 11.6. The van der Waals surface area contributed by atoms with Gasteiger partial charge >= 0.3 is 0 Å². The van der Waals surface area contributed by atoms with Gasteiger partial charge in [0.25, 0.3) is 0 Å². The van der Waals surface area contributed by atoms with Gasteiger partial charge in [-0.25, -0.2) is 0 Å². The van der Waals surface area contributed by atoms with Crippen molar-refractivity contribution < 1.29 is 29.5 Å². The number of hydrogen-bond donors (Lipinski definition) is 3. The summed E-state index contributed by atoms with van der Waals surface area (Å²) in [6.07, 6.45) is 1.65. The zero-order chi connectivity index (χ0) is 21.9. The van der Waals surface area contributed by atoms with Crippen LogP contribution in [0.1, 0.15) is 32.6 Å². The van der Waals surface area contributed by atoms with Crippen LogP contribution in [0.15, 0.2) is 0 Å². The lowest BCUT2D eigenvalue weighted by Gasteiger charge is -2.68. The van der Waals surface area contributed by atoms with Gasteiger partial charge in [0.15, 0.2) is 0 Å². The fraction of sp³-hybridized carbons (Fsp3) is 1.00. The maximum absolute atomic E-state index is 12.5. The quantitative estimate of drug-likeness (QED) is 0.577. The van der Waals surface area contributed by atoms with Gasteiger partial charge in [0, 0.05) is 74.8 Å². The Morgan fingerprint density at radius 1 is 1.10 bits per heavy atom. The van der Waals surface area contributed by atoms with Crippen LogP contribution in [0.25, 0.3) is 0 Å². The van der Waals surface area contributed by atoms with Crippen LogP contribution < -0.4 is 0 Å². The lowest BCUT2D eigenvalue weighted by atomic mass is 9.43. The van der Waals surface area contributed by atoms with Gasteiger partial charge in [-0.2, -0.15) is 0 Å². The highest BCUT2D eigenvalue weighted by molar-refractivity contribution is 5.35. The fourth-order valence-electron chi connectivity index (χ4n) is 10.7. The number of aliphatic hydroxyl groups excluding tert-OH is 2. The first-order valence-electron chi connectivity index (χ1n) is 12.2. The number of rotatable bonds is 5. The van der Waals surface area contributed by atoms with Crippen LogP contribution in [-0.4, -0.2) is 97.3 Å². The Hall–Kier alpha value is -0.280. The summed E-state index contributed by atoms with van der Waals surface area (Å²) >= 11 is 0. The van der Waals surface area contributed by atoms with Crippen LogP contribution in [0.5, 0.6) is 0 Å². The highest BCUT2D eigenvalue weighted by Crippen LogP contribution is 2.79. The number of fused-ring (bicyclic) bond motifs is 2. The zero-order valence-corrected chi connectivity index (χ0v) is 19.2. The lowest BCUT2D eigenvalue weighted by molar-refractivity contribution is -0.272. The van der Waals surface area contributed by atoms with E-state index in [1.807, 2.05) is 0 Å². The SMILES string of the molecule is CCN1C[C@]2(COC)CC[C@H](O)[C@]34C1[C@H]([C@H](OC)[C@@H]23)[C@@]1(O)C[C@H](OC)[C@H]2C[C@@H]4[C@@H]1[C@H]2O. The molecular formula is C24H39NO6. The second kappa shape index (κ2) is 6.65. The minimum atomic E-state index is -1.05. The molecule has 5 aliphatic carbocycles. The molecule has 176 valence electrons. The van der Waals surface area contributed by atoms with E-state index in [1.165, 1.54) is 0 Å². The van der Waals surface area contributed by atoms with Crippen molar-refractivity contribution in [1.29, 1.82) is 0 Å². The first-order chi connectivity index (χ1) is 14.9. The molecule has 6 aliphatic rings. The highest BCUT2D eigenvalue weighted by Gasteiger charge is 2.86. The number of likely N-dealkylation sites (tertiary alicyclic amines) is 1. The number of ether oxygens (including phenoxy) is 3. The molecule has 1 heterocycles. The number of nitrogens with zero attached hydrogens (tertiary/aromatic N) is 1. The molecular weight excluding hydrogens is 398 g/mol. The van der Waals surface area contributed by atoms with Crippen molar-refractivity contribution >= 4 is 0 Å². The van der Waals surface area contributed by atoms with Gasteiger partial charge in [-0.1, -0.05) is 6.92 Å². The number of hydrogen-bond acceptors (Lipinski definition) is 7. The number of methoxy groups -OCH3 is 3. The molecule has 0 aromatic carbocycles. The fourth-order valence-corrected chi connectivity index (χ4v) is 10.7. The summed E-state index contributed by atoms with van der Waals surface area (Å²) in [5, 5.41) is 35.7. The van der Waals surface area contributed by atoms with E-state index in [0.29, 0.717) is 13.0 Å². The van der Waals surface area contributed by atoms with Crippen LogP contribution >= 0.6 is 0 Å². The summed E-state index contributed by atoms with van der Waals surface area (Å²) in [4.78, 5) is 2.52. The number of piperidine rings is 1. The average molecular weight is 438 g/mol. The minimum Gasteiger partial charge on any atom is -0.392 e. The topological polar surface area (TPSA) is 91.6 Å². The average Bonchev–Trinajstić information content (AvgIpc) is 3.16. The molecule has 7 heteroatoms. The monoisotopic (exact) mass is 437 g/mol. The molecule has 31 heavy (non-hydrogen) atoms. The van der Waals surface area contributed by atoms with E-state index in [9.17, 15) is 15.3 Å². The van der Waals surface area contributed by atoms with Gasteiger partial charge in [-0.05, 0) is 31.7 Å². The van der Waals surface area contributed by atoms with Gasteiger partial charge in [-0.3, -0.25) is 4.90 Å². The third-order valence-corrected chi connectivity index (χ3v) is 11.1. The Balaban J connectivity index is 1.62. The maximum Gasteiger partial charge on any atom is 0.0796 e. The summed E-state index contributed by atoms with van der Waals surface area (Å²) in [7, 11) is 5.24. The molecule has 1 spiro atoms. The van der Waals surface area contributed by atoms with Gasteiger partial charge in [-0.15, -0.1) is 0 Å². The summed E-state index contributed by atoms with van der Waals surface area (Å²) in [6, 6.07) is 0.0561. The van der Waals surface area contributed by atoms with Crippen molar-refractivity contribution in [3.63, 3.8) is 0 Å². The van der Waals surface area contributed by atoms with Crippen molar-refractivity contribution in [2.45, 2.75) is 68.7 Å². The van der Waals surface area contributed by atoms with E-state index in [0.717, 1.165) is 32.4 Å². The predicted octanol–water partition coefficient (Wildman–Crippen LogP) is 0.502. The molecule has 1 saturated heterocycles. The largest absolute Gasteiger partial charge is 0.392 e. The van der Waals surface area contributed by atoms with Gasteiger partial charge < -0.3 is 29.5 Å². The van der Waals surface area contributed by atoms with Gasteiger partial charge in [0.05, 0.1) is 36.6 Å². The van der Waals surface area contributed by atoms with Crippen LogP contribution in [0.2, 0.25) is 0 Å². The smallest absolute Gasteiger partial charge is 0.0796 e. The van der Waals surface area contributed by atoms with Crippen LogP contribution in [0, 0.1) is 40.4 Å². The molecule has 0 aromatic heterocycles. The molecule has 1 aliphatic heterocycles. The molecule has 6 fully saturated rings. The van der Waals surface area contributed by atoms with Gasteiger partial charge in [0.2, 0.25) is 0 Å². The van der Waals surface area contributed by atoms with Crippen molar-refractivity contribution in [3.8, 4) is 0 Å². The standard InChI is InChI=1S/C24H39NO6/c1-5-25-10-22(11-29-2)7-6-15(26)24-13-8-12-14(30-3)9-23(28,16(13)18(12)27)17(21(24)25)19(31-4)20(22)24/h12-21,26-28H,5-11H2,1-4H3/t12-,13-,14+,15+,16-,17+,18+,19+,20+,21?,22+,23-,24+/m1/s1. The van der Waals surface area contributed by atoms with Crippen molar-refractivity contribution in [3.05, 3.63) is 0 Å². The molecule has 3 N–H and O–H groups in total. The number of aliphatic hydroxyl groups is 3.